The molecule has 2 heterocycles. The lowest BCUT2D eigenvalue weighted by molar-refractivity contribution is 0.489. The van der Waals surface area contributed by atoms with Crippen molar-refractivity contribution < 1.29 is 13.7 Å². The highest BCUT2D eigenvalue weighted by Crippen LogP contribution is 2.32. The molecule has 1 aromatic heterocycles. The summed E-state index contributed by atoms with van der Waals surface area (Å²) in [5, 5.41) is 0. The van der Waals surface area contributed by atoms with Crippen LogP contribution in [0.2, 0.25) is 0 Å². The Balaban J connectivity index is 1.90. The van der Waals surface area contributed by atoms with Gasteiger partial charge < -0.3 is 13.7 Å². The quantitative estimate of drug-likeness (QED) is 0.657. The third-order valence-corrected chi connectivity index (χ3v) is 2.30. The van der Waals surface area contributed by atoms with E-state index < -0.39 is 7.12 Å². The van der Waals surface area contributed by atoms with E-state index in [9.17, 15) is 0 Å². The lowest BCUT2D eigenvalue weighted by atomic mass is 9.86. The molecule has 0 aliphatic carbocycles. The van der Waals surface area contributed by atoms with Crippen LogP contribution in [-0.4, -0.2) is 7.12 Å². The van der Waals surface area contributed by atoms with Crippen LogP contribution in [0.1, 0.15) is 5.56 Å². The van der Waals surface area contributed by atoms with E-state index in [1.54, 1.807) is 6.26 Å². The summed E-state index contributed by atoms with van der Waals surface area (Å²) in [4.78, 5) is 0. The second kappa shape index (κ2) is 3.09. The number of benzene rings is 1. The van der Waals surface area contributed by atoms with E-state index >= 15 is 0 Å². The van der Waals surface area contributed by atoms with E-state index in [0.29, 0.717) is 5.66 Å². The zero-order chi connectivity index (χ0) is 10.3. The Hall–Kier alpha value is -1.84. The van der Waals surface area contributed by atoms with Gasteiger partial charge in [0.2, 0.25) is 0 Å². The van der Waals surface area contributed by atoms with Crippen LogP contribution in [0.5, 0.6) is 11.5 Å². The van der Waals surface area contributed by atoms with Gasteiger partial charge in [0.05, 0.1) is 6.26 Å². The van der Waals surface area contributed by atoms with Crippen LogP contribution in [0.25, 0.3) is 0 Å². The van der Waals surface area contributed by atoms with E-state index in [2.05, 4.69) is 0 Å². The largest absolute Gasteiger partial charge is 0.670 e. The molecular weight excluding hydrogens is 191 g/mol. The highest BCUT2D eigenvalue weighted by molar-refractivity contribution is 6.62. The minimum Gasteiger partial charge on any atom is -0.517 e. The molecule has 2 aromatic rings. The van der Waals surface area contributed by atoms with Crippen LogP contribution in [0.4, 0.5) is 0 Å². The molecule has 0 atom stereocenters. The molecule has 0 saturated carbocycles. The highest BCUT2D eigenvalue weighted by Gasteiger charge is 2.36. The zero-order valence-corrected chi connectivity index (χ0v) is 8.27. The summed E-state index contributed by atoms with van der Waals surface area (Å²) in [5.41, 5.74) is 1.76. The molecule has 0 fully saturated rings. The van der Waals surface area contributed by atoms with Crippen LogP contribution in [0.15, 0.2) is 41.0 Å². The van der Waals surface area contributed by atoms with Crippen molar-refractivity contribution >= 4 is 12.8 Å². The predicted octanol–water partition coefficient (Wildman–Crippen LogP) is 1.75. The second-order valence-electron chi connectivity index (χ2n) is 3.54. The third-order valence-electron chi connectivity index (χ3n) is 2.30. The number of furan rings is 1. The van der Waals surface area contributed by atoms with Crippen molar-refractivity contribution in [3.8, 4) is 11.5 Å². The van der Waals surface area contributed by atoms with Crippen molar-refractivity contribution in [2.75, 3.05) is 0 Å². The van der Waals surface area contributed by atoms with Crippen molar-refractivity contribution in [3.05, 3.63) is 42.2 Å². The van der Waals surface area contributed by atoms with Gasteiger partial charge >= 0.3 is 7.12 Å². The number of aryl methyl sites for hydroxylation is 1. The molecule has 0 bridgehead atoms. The smallest absolute Gasteiger partial charge is 0.517 e. The molecule has 0 N–H and O–H groups in total. The standard InChI is InChI=1S/C11H9BO3/c1-8-6-11(13-7-8)12-14-9-4-2-3-5-10(9)15-12/h2-7H,1H3. The van der Waals surface area contributed by atoms with E-state index in [-0.39, 0.29) is 0 Å². The Morgan fingerprint density at radius 1 is 1.07 bits per heavy atom. The number of hydrogen-bond donors (Lipinski definition) is 0. The first-order valence-corrected chi connectivity index (χ1v) is 4.80. The van der Waals surface area contributed by atoms with Crippen LogP contribution < -0.4 is 15.0 Å². The molecule has 74 valence electrons. The average Bonchev–Trinajstić information content (AvgIpc) is 2.82. The Kier molecular flexibility index (Phi) is 1.74. The molecule has 1 aliphatic rings. The molecule has 0 radical (unpaired) electrons. The van der Waals surface area contributed by atoms with Gasteiger partial charge in [0.25, 0.3) is 0 Å². The monoisotopic (exact) mass is 200 g/mol. The molecule has 0 unspecified atom stereocenters. The van der Waals surface area contributed by atoms with Gasteiger partial charge in [0.1, 0.15) is 11.5 Å². The zero-order valence-electron chi connectivity index (χ0n) is 8.27. The van der Waals surface area contributed by atoms with Gasteiger partial charge in [0, 0.05) is 0 Å². The predicted molar refractivity (Wildman–Crippen MR) is 56.5 cm³/mol. The molecule has 3 rings (SSSR count). The Labute approximate surface area is 87.8 Å². The molecule has 3 nitrogen and oxygen atoms in total. The van der Waals surface area contributed by atoms with Gasteiger partial charge in [-0.25, -0.2) is 0 Å². The van der Waals surface area contributed by atoms with Gasteiger partial charge in [-0.3, -0.25) is 0 Å². The molecule has 4 heteroatoms. The van der Waals surface area contributed by atoms with Gasteiger partial charge in [0.15, 0.2) is 5.66 Å². The van der Waals surface area contributed by atoms with Crippen LogP contribution in [0, 0.1) is 6.92 Å². The Morgan fingerprint density at radius 3 is 2.27 bits per heavy atom. The first kappa shape index (κ1) is 8.47. The fourth-order valence-corrected chi connectivity index (χ4v) is 1.59. The summed E-state index contributed by atoms with van der Waals surface area (Å²) >= 11 is 0. The Bertz CT molecular complexity index is 467. The first-order valence-electron chi connectivity index (χ1n) is 4.80. The van der Waals surface area contributed by atoms with Gasteiger partial charge in [-0.05, 0) is 30.7 Å². The molecule has 1 aliphatic heterocycles. The molecule has 0 saturated heterocycles. The maximum atomic E-state index is 5.59. The van der Waals surface area contributed by atoms with Crippen molar-refractivity contribution in [2.45, 2.75) is 6.92 Å². The minimum absolute atomic E-state index is 0.448. The van der Waals surface area contributed by atoms with Crippen LogP contribution >= 0.6 is 0 Å². The molecule has 15 heavy (non-hydrogen) atoms. The van der Waals surface area contributed by atoms with Crippen molar-refractivity contribution in [3.63, 3.8) is 0 Å². The number of hydrogen-bond acceptors (Lipinski definition) is 3. The second-order valence-corrected chi connectivity index (χ2v) is 3.54. The third kappa shape index (κ3) is 1.38. The fraction of sp³-hybridized carbons (Fsp3) is 0.0909. The van der Waals surface area contributed by atoms with E-state index in [4.69, 9.17) is 13.7 Å². The summed E-state index contributed by atoms with van der Waals surface area (Å²) in [6.07, 6.45) is 1.69. The fourth-order valence-electron chi connectivity index (χ4n) is 1.59. The van der Waals surface area contributed by atoms with Gasteiger partial charge in [-0.2, -0.15) is 0 Å². The van der Waals surface area contributed by atoms with Crippen LogP contribution in [0.3, 0.4) is 0 Å². The molecule has 0 amide bonds. The molecule has 1 aromatic carbocycles. The molecular formula is C11H9BO3. The lowest BCUT2D eigenvalue weighted by Gasteiger charge is -1.99. The summed E-state index contributed by atoms with van der Waals surface area (Å²) in [6.45, 7) is 1.97. The van der Waals surface area contributed by atoms with E-state index in [1.807, 2.05) is 37.3 Å². The van der Waals surface area contributed by atoms with Crippen molar-refractivity contribution in [1.29, 1.82) is 0 Å². The summed E-state index contributed by atoms with van der Waals surface area (Å²) in [6, 6.07) is 9.50. The SMILES string of the molecule is Cc1coc(B2Oc3ccccc3O2)c1. The number of rotatable bonds is 1. The first-order chi connectivity index (χ1) is 7.33. The van der Waals surface area contributed by atoms with Crippen molar-refractivity contribution in [2.24, 2.45) is 0 Å². The van der Waals surface area contributed by atoms with E-state index in [0.717, 1.165) is 17.1 Å². The normalized spacial score (nSPS) is 13.3. The van der Waals surface area contributed by atoms with E-state index in [1.165, 1.54) is 0 Å². The number of para-hydroxylation sites is 2. The highest BCUT2D eigenvalue weighted by atomic mass is 16.6. The maximum Gasteiger partial charge on any atom is 0.670 e. The van der Waals surface area contributed by atoms with Gasteiger partial charge in [-0.1, -0.05) is 12.1 Å². The average molecular weight is 200 g/mol. The minimum atomic E-state index is -0.448. The van der Waals surface area contributed by atoms with Crippen molar-refractivity contribution in [1.82, 2.24) is 0 Å². The topological polar surface area (TPSA) is 31.6 Å². The molecule has 0 spiro atoms. The number of fused-ring (bicyclic) bond motifs is 1. The van der Waals surface area contributed by atoms with Crippen LogP contribution in [-0.2, 0) is 0 Å². The summed E-state index contributed by atoms with van der Waals surface area (Å²) in [5.74, 6) is 1.52. The maximum absolute atomic E-state index is 5.59. The summed E-state index contributed by atoms with van der Waals surface area (Å²) in [7, 11) is -0.448. The van der Waals surface area contributed by atoms with Gasteiger partial charge in [-0.15, -0.1) is 0 Å². The summed E-state index contributed by atoms with van der Waals surface area (Å²) < 4.78 is 16.5. The lowest BCUT2D eigenvalue weighted by Crippen LogP contribution is -2.38. The Morgan fingerprint density at radius 2 is 1.73 bits per heavy atom.